The number of benzene rings is 2. The van der Waals surface area contributed by atoms with Crippen LogP contribution in [0.4, 0.5) is 10.2 Å². The Morgan fingerprint density at radius 1 is 1.00 bits per heavy atom. The van der Waals surface area contributed by atoms with Crippen LogP contribution < -0.4 is 5.32 Å². The van der Waals surface area contributed by atoms with Crippen molar-refractivity contribution in [3.63, 3.8) is 0 Å². The highest BCUT2D eigenvalue weighted by atomic mass is 19.1. The molecule has 1 N–H and O–H groups in total. The third-order valence-corrected chi connectivity index (χ3v) is 4.50. The minimum Gasteiger partial charge on any atom is -0.306 e. The first-order valence-corrected chi connectivity index (χ1v) is 8.64. The Morgan fingerprint density at radius 3 is 2.48 bits per heavy atom. The first-order valence-electron chi connectivity index (χ1n) is 8.64. The van der Waals surface area contributed by atoms with E-state index in [1.165, 1.54) is 24.3 Å². The second kappa shape index (κ2) is 6.68. The number of hydrogen-bond acceptors (Lipinski definition) is 2. The first kappa shape index (κ1) is 17.0. The van der Waals surface area contributed by atoms with Crippen LogP contribution in [0.15, 0.2) is 66.9 Å². The molecule has 4 aromatic rings. The SMILES string of the molecule is Cc1ccc2nc(-c3ccccc3C)c(NC(=O)c3ccc(F)cc3)n2c1. The van der Waals surface area contributed by atoms with Crippen LogP contribution in [0.5, 0.6) is 0 Å². The zero-order valence-electron chi connectivity index (χ0n) is 15.0. The lowest BCUT2D eigenvalue weighted by Gasteiger charge is -2.10. The number of amides is 1. The third kappa shape index (κ3) is 3.19. The Bertz CT molecular complexity index is 1150. The number of carbonyl (C=O) groups is 1. The molecule has 0 bridgehead atoms. The minimum atomic E-state index is -0.377. The van der Waals surface area contributed by atoms with E-state index in [2.05, 4.69) is 5.32 Å². The average Bonchev–Trinajstić information content (AvgIpc) is 3.00. The maximum absolute atomic E-state index is 13.2. The number of anilines is 1. The number of aryl methyl sites for hydroxylation is 2. The number of aromatic nitrogens is 2. The first-order chi connectivity index (χ1) is 13.0. The molecule has 0 aliphatic heterocycles. The van der Waals surface area contributed by atoms with Crippen molar-refractivity contribution in [1.29, 1.82) is 0 Å². The van der Waals surface area contributed by atoms with Gasteiger partial charge in [-0.05, 0) is 55.3 Å². The standard InChI is InChI=1S/C22H18FN3O/c1-14-7-12-19-24-20(18-6-4-3-5-15(18)2)21(26(19)13-14)25-22(27)16-8-10-17(23)11-9-16/h3-13H,1-2H3,(H,25,27). The molecule has 2 heterocycles. The van der Waals surface area contributed by atoms with E-state index in [9.17, 15) is 9.18 Å². The van der Waals surface area contributed by atoms with E-state index in [0.717, 1.165) is 22.3 Å². The van der Waals surface area contributed by atoms with E-state index < -0.39 is 0 Å². The van der Waals surface area contributed by atoms with Gasteiger partial charge in [0, 0.05) is 17.3 Å². The summed E-state index contributed by atoms with van der Waals surface area (Å²) in [6, 6.07) is 17.3. The Kier molecular flexibility index (Phi) is 4.20. The van der Waals surface area contributed by atoms with E-state index in [0.29, 0.717) is 17.1 Å². The number of fused-ring (bicyclic) bond motifs is 1. The largest absolute Gasteiger partial charge is 0.306 e. The number of rotatable bonds is 3. The predicted molar refractivity (Wildman–Crippen MR) is 104 cm³/mol. The minimum absolute atomic E-state index is 0.312. The molecule has 0 fully saturated rings. The van der Waals surface area contributed by atoms with Gasteiger partial charge in [-0.3, -0.25) is 9.20 Å². The van der Waals surface area contributed by atoms with Crippen molar-refractivity contribution >= 4 is 17.4 Å². The second-order valence-corrected chi connectivity index (χ2v) is 6.52. The van der Waals surface area contributed by atoms with Crippen molar-refractivity contribution in [2.45, 2.75) is 13.8 Å². The summed E-state index contributed by atoms with van der Waals surface area (Å²) in [5, 5.41) is 2.96. The molecular weight excluding hydrogens is 341 g/mol. The molecule has 0 atom stereocenters. The van der Waals surface area contributed by atoms with Crippen molar-refractivity contribution in [2.75, 3.05) is 5.32 Å². The zero-order chi connectivity index (χ0) is 19.0. The molecule has 2 aromatic carbocycles. The number of nitrogens with zero attached hydrogens (tertiary/aromatic N) is 2. The summed E-state index contributed by atoms with van der Waals surface area (Å²) in [6.07, 6.45) is 1.93. The van der Waals surface area contributed by atoms with Gasteiger partial charge in [0.2, 0.25) is 0 Å². The smallest absolute Gasteiger partial charge is 0.256 e. The molecule has 0 saturated carbocycles. The lowest BCUT2D eigenvalue weighted by Crippen LogP contribution is -2.14. The molecule has 4 nitrogen and oxygen atoms in total. The Morgan fingerprint density at radius 2 is 1.74 bits per heavy atom. The van der Waals surface area contributed by atoms with Crippen molar-refractivity contribution in [3.05, 3.63) is 89.4 Å². The van der Waals surface area contributed by atoms with Crippen LogP contribution in [0.25, 0.3) is 16.9 Å². The van der Waals surface area contributed by atoms with Gasteiger partial charge in [0.05, 0.1) is 0 Å². The van der Waals surface area contributed by atoms with E-state index in [1.54, 1.807) is 0 Å². The van der Waals surface area contributed by atoms with E-state index >= 15 is 0 Å². The molecule has 5 heteroatoms. The summed E-state index contributed by atoms with van der Waals surface area (Å²) in [7, 11) is 0. The van der Waals surface area contributed by atoms with Crippen LogP contribution in [0.1, 0.15) is 21.5 Å². The topological polar surface area (TPSA) is 46.4 Å². The molecule has 4 rings (SSSR count). The van der Waals surface area contributed by atoms with Gasteiger partial charge < -0.3 is 5.32 Å². The van der Waals surface area contributed by atoms with Crippen LogP contribution >= 0.6 is 0 Å². The van der Waals surface area contributed by atoms with Gasteiger partial charge in [-0.2, -0.15) is 0 Å². The number of hydrogen-bond donors (Lipinski definition) is 1. The van der Waals surface area contributed by atoms with Crippen molar-refractivity contribution in [3.8, 4) is 11.3 Å². The van der Waals surface area contributed by atoms with Gasteiger partial charge >= 0.3 is 0 Å². The Labute approximate surface area is 156 Å². The lowest BCUT2D eigenvalue weighted by atomic mass is 10.1. The fourth-order valence-electron chi connectivity index (χ4n) is 3.08. The Balaban J connectivity index is 1.86. The van der Waals surface area contributed by atoms with Crippen molar-refractivity contribution < 1.29 is 9.18 Å². The highest BCUT2D eigenvalue weighted by molar-refractivity contribution is 6.05. The molecule has 2 aromatic heterocycles. The van der Waals surface area contributed by atoms with Gasteiger partial charge in [0.15, 0.2) is 0 Å². The third-order valence-electron chi connectivity index (χ3n) is 4.50. The van der Waals surface area contributed by atoms with Crippen LogP contribution in [0.2, 0.25) is 0 Å². The number of carbonyl (C=O) groups excluding carboxylic acids is 1. The highest BCUT2D eigenvalue weighted by Crippen LogP contribution is 2.31. The van der Waals surface area contributed by atoms with Crippen molar-refractivity contribution in [2.24, 2.45) is 0 Å². The number of halogens is 1. The van der Waals surface area contributed by atoms with Crippen LogP contribution in [0, 0.1) is 19.7 Å². The van der Waals surface area contributed by atoms with Crippen LogP contribution in [0.3, 0.4) is 0 Å². The van der Waals surface area contributed by atoms with Crippen LogP contribution in [-0.4, -0.2) is 15.3 Å². The fraction of sp³-hybridized carbons (Fsp3) is 0.0909. The normalized spacial score (nSPS) is 10.9. The van der Waals surface area contributed by atoms with Gasteiger partial charge in [-0.15, -0.1) is 0 Å². The fourth-order valence-corrected chi connectivity index (χ4v) is 3.08. The molecule has 0 aliphatic carbocycles. The molecule has 0 saturated heterocycles. The van der Waals surface area contributed by atoms with Gasteiger partial charge in [-0.1, -0.05) is 30.3 Å². The van der Waals surface area contributed by atoms with E-state index in [1.807, 2.05) is 60.8 Å². The predicted octanol–water partition coefficient (Wildman–Crippen LogP) is 5.01. The van der Waals surface area contributed by atoms with Crippen molar-refractivity contribution in [1.82, 2.24) is 9.38 Å². The van der Waals surface area contributed by atoms with E-state index in [4.69, 9.17) is 4.98 Å². The zero-order valence-corrected chi connectivity index (χ0v) is 15.0. The molecule has 1 amide bonds. The summed E-state index contributed by atoms with van der Waals surface area (Å²) < 4.78 is 15.0. The number of nitrogens with one attached hydrogen (secondary N) is 1. The number of imidazole rings is 1. The summed E-state index contributed by atoms with van der Waals surface area (Å²) in [5.74, 6) is -0.0944. The second-order valence-electron chi connectivity index (χ2n) is 6.52. The molecule has 134 valence electrons. The quantitative estimate of drug-likeness (QED) is 0.559. The molecular formula is C22H18FN3O. The summed E-state index contributed by atoms with van der Waals surface area (Å²) in [5.41, 5.74) is 4.90. The van der Waals surface area contributed by atoms with E-state index in [-0.39, 0.29) is 11.7 Å². The summed E-state index contributed by atoms with van der Waals surface area (Å²) >= 11 is 0. The molecule has 0 spiro atoms. The maximum Gasteiger partial charge on any atom is 0.256 e. The summed E-state index contributed by atoms with van der Waals surface area (Å²) in [6.45, 7) is 3.99. The van der Waals surface area contributed by atoms with Crippen LogP contribution in [-0.2, 0) is 0 Å². The molecule has 27 heavy (non-hydrogen) atoms. The molecule has 0 unspecified atom stereocenters. The Hall–Kier alpha value is -3.47. The van der Waals surface area contributed by atoms with Gasteiger partial charge in [-0.25, -0.2) is 9.37 Å². The lowest BCUT2D eigenvalue weighted by molar-refractivity contribution is 0.102. The highest BCUT2D eigenvalue weighted by Gasteiger charge is 2.18. The molecule has 0 radical (unpaired) electrons. The molecule has 0 aliphatic rings. The summed E-state index contributed by atoms with van der Waals surface area (Å²) in [4.78, 5) is 17.5. The monoisotopic (exact) mass is 359 g/mol. The maximum atomic E-state index is 13.2. The number of pyridine rings is 1. The average molecular weight is 359 g/mol. The van der Waals surface area contributed by atoms with Gasteiger partial charge in [0.25, 0.3) is 5.91 Å². The van der Waals surface area contributed by atoms with Gasteiger partial charge in [0.1, 0.15) is 23.0 Å².